The minimum atomic E-state index is -4.98. The topological polar surface area (TPSA) is 55.6 Å². The van der Waals surface area contributed by atoms with Crippen LogP contribution in [0.3, 0.4) is 0 Å². The lowest BCUT2D eigenvalue weighted by atomic mass is 9.98. The van der Waals surface area contributed by atoms with Crippen LogP contribution in [0.5, 0.6) is 5.75 Å². The molecule has 5 nitrogen and oxygen atoms in total. The minimum Gasteiger partial charge on any atom is -0.493 e. The van der Waals surface area contributed by atoms with Crippen molar-refractivity contribution in [2.45, 2.75) is 58.3 Å². The van der Waals surface area contributed by atoms with Gasteiger partial charge in [-0.15, -0.1) is 13.2 Å². The second kappa shape index (κ2) is 11.0. The number of benzene rings is 1. The number of aryl methyl sites for hydroxylation is 2. The molecule has 32 heavy (non-hydrogen) atoms. The van der Waals surface area contributed by atoms with Gasteiger partial charge < -0.3 is 14.1 Å². The quantitative estimate of drug-likeness (QED) is 0.401. The third-order valence-corrected chi connectivity index (χ3v) is 5.06. The predicted molar refractivity (Wildman–Crippen MR) is 116 cm³/mol. The van der Waals surface area contributed by atoms with Crippen molar-refractivity contribution in [2.24, 2.45) is 0 Å². The number of halogens is 3. The Morgan fingerprint density at radius 1 is 1.19 bits per heavy atom. The number of alkyl halides is 3. The summed E-state index contributed by atoms with van der Waals surface area (Å²) >= 11 is 0. The number of aromatic nitrogens is 1. The van der Waals surface area contributed by atoms with E-state index in [0.29, 0.717) is 30.2 Å². The standard InChI is InChI=1S/C24H29F3N2O3/c1-6-8-16(3)29(23(30)24(25,26)27)22(9-7-2)19-10-12-20(13-11-19)31-15-14-21-17(4)32-18(5)28-21/h6-7,10-13,16,22H,1-2,8-9,14-15H2,3-5H3/t16-,22+/m1/s1. The van der Waals surface area contributed by atoms with E-state index in [-0.39, 0.29) is 12.8 Å². The Kier molecular flexibility index (Phi) is 8.69. The molecule has 0 fully saturated rings. The van der Waals surface area contributed by atoms with Crippen LogP contribution in [0.1, 0.15) is 48.7 Å². The smallest absolute Gasteiger partial charge is 0.471 e. The first-order valence-corrected chi connectivity index (χ1v) is 10.3. The van der Waals surface area contributed by atoms with Crippen LogP contribution in [0, 0.1) is 13.8 Å². The normalized spacial score (nSPS) is 13.3. The van der Waals surface area contributed by atoms with E-state index in [1.54, 1.807) is 38.1 Å². The van der Waals surface area contributed by atoms with Gasteiger partial charge in [-0.2, -0.15) is 13.2 Å². The first kappa shape index (κ1) is 25.2. The molecule has 0 aliphatic carbocycles. The Morgan fingerprint density at radius 2 is 1.81 bits per heavy atom. The summed E-state index contributed by atoms with van der Waals surface area (Å²) in [4.78, 5) is 17.4. The Balaban J connectivity index is 2.18. The average Bonchev–Trinajstić information content (AvgIpc) is 3.04. The van der Waals surface area contributed by atoms with Gasteiger partial charge in [-0.25, -0.2) is 4.98 Å². The molecule has 0 aliphatic heterocycles. The van der Waals surface area contributed by atoms with E-state index < -0.39 is 24.2 Å². The van der Waals surface area contributed by atoms with Crippen molar-refractivity contribution in [3.05, 3.63) is 72.5 Å². The number of hydrogen-bond acceptors (Lipinski definition) is 4. The number of rotatable bonds is 11. The Bertz CT molecular complexity index is 920. The fourth-order valence-corrected chi connectivity index (χ4v) is 3.57. The van der Waals surface area contributed by atoms with Gasteiger partial charge in [0.05, 0.1) is 18.3 Å². The van der Waals surface area contributed by atoms with Gasteiger partial charge in [0.25, 0.3) is 0 Å². The fourth-order valence-electron chi connectivity index (χ4n) is 3.57. The van der Waals surface area contributed by atoms with E-state index in [4.69, 9.17) is 9.15 Å². The van der Waals surface area contributed by atoms with Crippen LogP contribution in [-0.2, 0) is 11.2 Å². The molecule has 1 aromatic carbocycles. The van der Waals surface area contributed by atoms with Crippen LogP contribution in [0.15, 0.2) is 54.0 Å². The lowest BCUT2D eigenvalue weighted by Gasteiger charge is -2.36. The maximum absolute atomic E-state index is 13.3. The Morgan fingerprint density at radius 3 is 2.31 bits per heavy atom. The molecule has 2 atom stereocenters. The lowest BCUT2D eigenvalue weighted by molar-refractivity contribution is -0.190. The summed E-state index contributed by atoms with van der Waals surface area (Å²) in [7, 11) is 0. The molecule has 0 unspecified atom stereocenters. The van der Waals surface area contributed by atoms with Crippen molar-refractivity contribution in [3.63, 3.8) is 0 Å². The number of oxazole rings is 1. The SMILES string of the molecule is C=CC[C@@H](C)N(C(=O)C(F)(F)F)[C@@H](CC=C)c1ccc(OCCc2nc(C)oc2C)cc1. The monoisotopic (exact) mass is 450 g/mol. The van der Waals surface area contributed by atoms with Crippen molar-refractivity contribution in [3.8, 4) is 5.75 Å². The van der Waals surface area contributed by atoms with Crippen LogP contribution < -0.4 is 4.74 Å². The molecule has 2 aromatic rings. The van der Waals surface area contributed by atoms with E-state index in [9.17, 15) is 18.0 Å². The van der Waals surface area contributed by atoms with Gasteiger partial charge in [-0.1, -0.05) is 24.3 Å². The third kappa shape index (κ3) is 6.48. The van der Waals surface area contributed by atoms with Crippen LogP contribution in [0.4, 0.5) is 13.2 Å². The molecule has 1 heterocycles. The number of carbonyl (C=O) groups excluding carboxylic acids is 1. The molecular weight excluding hydrogens is 421 g/mol. The van der Waals surface area contributed by atoms with E-state index in [2.05, 4.69) is 18.1 Å². The van der Waals surface area contributed by atoms with Crippen molar-refractivity contribution >= 4 is 5.91 Å². The van der Waals surface area contributed by atoms with Gasteiger partial charge in [-0.05, 0) is 44.4 Å². The summed E-state index contributed by atoms with van der Waals surface area (Å²) in [5.41, 5.74) is 1.39. The molecule has 0 saturated heterocycles. The second-order valence-corrected chi connectivity index (χ2v) is 7.53. The van der Waals surface area contributed by atoms with E-state index in [1.807, 2.05) is 6.92 Å². The predicted octanol–water partition coefficient (Wildman–Crippen LogP) is 5.89. The highest BCUT2D eigenvalue weighted by atomic mass is 19.4. The molecular formula is C24H29F3N2O3. The van der Waals surface area contributed by atoms with Gasteiger partial charge in [0.1, 0.15) is 11.5 Å². The maximum Gasteiger partial charge on any atom is 0.471 e. The molecule has 8 heteroatoms. The highest BCUT2D eigenvalue weighted by molar-refractivity contribution is 5.82. The van der Waals surface area contributed by atoms with Crippen LogP contribution >= 0.6 is 0 Å². The zero-order valence-corrected chi connectivity index (χ0v) is 18.6. The summed E-state index contributed by atoms with van der Waals surface area (Å²) in [6, 6.07) is 5.21. The molecule has 0 N–H and O–H groups in total. The molecule has 0 aliphatic rings. The summed E-state index contributed by atoms with van der Waals surface area (Å²) < 4.78 is 51.1. The second-order valence-electron chi connectivity index (χ2n) is 7.53. The van der Waals surface area contributed by atoms with Gasteiger partial charge in [0, 0.05) is 19.4 Å². The lowest BCUT2D eigenvalue weighted by Crippen LogP contribution is -2.47. The van der Waals surface area contributed by atoms with Crippen LogP contribution in [0.25, 0.3) is 0 Å². The number of amides is 1. The number of carbonyl (C=O) groups is 1. The fraction of sp³-hybridized carbons (Fsp3) is 0.417. The Hall–Kier alpha value is -3.03. The van der Waals surface area contributed by atoms with Crippen molar-refractivity contribution in [1.82, 2.24) is 9.88 Å². The van der Waals surface area contributed by atoms with Gasteiger partial charge in [0.2, 0.25) is 0 Å². The minimum absolute atomic E-state index is 0.175. The summed E-state index contributed by atoms with van der Waals surface area (Å²) in [6.07, 6.45) is -0.992. The third-order valence-electron chi connectivity index (χ3n) is 5.06. The highest BCUT2D eigenvalue weighted by Gasteiger charge is 2.46. The zero-order valence-electron chi connectivity index (χ0n) is 18.6. The first-order valence-electron chi connectivity index (χ1n) is 10.3. The molecule has 1 aromatic heterocycles. The van der Waals surface area contributed by atoms with Crippen LogP contribution in [0.2, 0.25) is 0 Å². The van der Waals surface area contributed by atoms with Crippen molar-refractivity contribution in [1.29, 1.82) is 0 Å². The summed E-state index contributed by atoms with van der Waals surface area (Å²) in [5.74, 6) is 0.0321. The Labute approximate surface area is 186 Å². The number of hydrogen-bond donors (Lipinski definition) is 0. The number of ether oxygens (including phenoxy) is 1. The van der Waals surface area contributed by atoms with E-state index in [0.717, 1.165) is 16.4 Å². The van der Waals surface area contributed by atoms with Crippen LogP contribution in [-0.4, -0.2) is 34.6 Å². The van der Waals surface area contributed by atoms with Crippen molar-refractivity contribution in [2.75, 3.05) is 6.61 Å². The molecule has 0 saturated carbocycles. The van der Waals surface area contributed by atoms with E-state index >= 15 is 0 Å². The molecule has 1 amide bonds. The molecule has 174 valence electrons. The van der Waals surface area contributed by atoms with Gasteiger partial charge >= 0.3 is 12.1 Å². The summed E-state index contributed by atoms with van der Waals surface area (Å²) in [5, 5.41) is 0. The maximum atomic E-state index is 13.3. The summed E-state index contributed by atoms with van der Waals surface area (Å²) in [6.45, 7) is 12.8. The zero-order chi connectivity index (χ0) is 23.9. The highest BCUT2D eigenvalue weighted by Crippen LogP contribution is 2.33. The van der Waals surface area contributed by atoms with Gasteiger partial charge in [0.15, 0.2) is 5.89 Å². The number of nitrogens with zero attached hydrogens (tertiary/aromatic N) is 2. The van der Waals surface area contributed by atoms with Crippen molar-refractivity contribution < 1.29 is 27.1 Å². The largest absolute Gasteiger partial charge is 0.493 e. The molecule has 0 bridgehead atoms. The molecule has 0 spiro atoms. The molecule has 2 rings (SSSR count). The van der Waals surface area contributed by atoms with Gasteiger partial charge in [-0.3, -0.25) is 4.79 Å². The average molecular weight is 451 g/mol. The first-order chi connectivity index (χ1) is 15.1. The molecule has 0 radical (unpaired) electrons. The van der Waals surface area contributed by atoms with E-state index in [1.165, 1.54) is 12.2 Å².